The second-order valence-corrected chi connectivity index (χ2v) is 9.94. The van der Waals surface area contributed by atoms with E-state index >= 15 is 0 Å². The Bertz CT molecular complexity index is 1040. The Morgan fingerprint density at radius 2 is 2.00 bits per heavy atom. The normalized spacial score (nSPS) is 23.6. The summed E-state index contributed by atoms with van der Waals surface area (Å²) in [5.74, 6) is 0.261. The van der Waals surface area contributed by atoms with Gasteiger partial charge in [-0.1, -0.05) is 63.4 Å². The molecule has 1 aliphatic heterocycles. The summed E-state index contributed by atoms with van der Waals surface area (Å²) in [5.41, 5.74) is 1.37. The van der Waals surface area contributed by atoms with Crippen molar-refractivity contribution in [1.29, 1.82) is 0 Å². The second-order valence-electron chi connectivity index (χ2n) is 9.53. The lowest BCUT2D eigenvalue weighted by molar-refractivity contribution is -0.132. The van der Waals surface area contributed by atoms with Crippen molar-refractivity contribution in [3.05, 3.63) is 52.7 Å². The van der Waals surface area contributed by atoms with Gasteiger partial charge < -0.3 is 10.6 Å². The Morgan fingerprint density at radius 1 is 1.25 bits per heavy atom. The Balaban J connectivity index is 1.58. The number of nitrogens with one attached hydrogen (secondary N) is 3. The SMILES string of the molecule is CC(C)(C)c1cc(NC(=O)/C=C/c2ccccc2Cl)n(C2NC(=O)C3CCCCC3N2)n1. The molecule has 0 bridgehead atoms. The predicted octanol–water partition coefficient (Wildman–Crippen LogP) is 4.22. The van der Waals surface area contributed by atoms with Crippen LogP contribution in [0.4, 0.5) is 5.82 Å². The zero-order valence-electron chi connectivity index (χ0n) is 18.7. The van der Waals surface area contributed by atoms with E-state index in [1.807, 2.05) is 24.3 Å². The fourth-order valence-corrected chi connectivity index (χ4v) is 4.46. The zero-order valence-corrected chi connectivity index (χ0v) is 19.4. The smallest absolute Gasteiger partial charge is 0.249 e. The molecule has 2 fully saturated rings. The van der Waals surface area contributed by atoms with Gasteiger partial charge >= 0.3 is 0 Å². The molecular weight excluding hydrogens is 426 g/mol. The number of halogens is 1. The third-order valence-electron chi connectivity index (χ3n) is 6.07. The molecule has 0 radical (unpaired) electrons. The van der Waals surface area contributed by atoms with E-state index in [2.05, 4.69) is 36.7 Å². The molecular formula is C24H30ClN5O2. The maximum absolute atomic E-state index is 12.7. The average Bonchev–Trinajstić information content (AvgIpc) is 3.17. The molecule has 1 aromatic heterocycles. The molecule has 2 aliphatic rings. The number of benzene rings is 1. The topological polar surface area (TPSA) is 88.0 Å². The third kappa shape index (κ3) is 4.89. The summed E-state index contributed by atoms with van der Waals surface area (Å²) < 4.78 is 1.67. The van der Waals surface area contributed by atoms with Crippen LogP contribution >= 0.6 is 11.6 Å². The van der Waals surface area contributed by atoms with E-state index in [-0.39, 0.29) is 29.2 Å². The summed E-state index contributed by atoms with van der Waals surface area (Å²) in [6, 6.07) is 9.31. The number of anilines is 1. The molecule has 3 N–H and O–H groups in total. The van der Waals surface area contributed by atoms with Gasteiger partial charge in [0.2, 0.25) is 11.8 Å². The first-order valence-corrected chi connectivity index (χ1v) is 11.5. The highest BCUT2D eigenvalue weighted by Crippen LogP contribution is 2.31. The quantitative estimate of drug-likeness (QED) is 0.602. The molecule has 170 valence electrons. The molecule has 3 atom stereocenters. The summed E-state index contributed by atoms with van der Waals surface area (Å²) in [7, 11) is 0. The van der Waals surface area contributed by atoms with Gasteiger partial charge in [0, 0.05) is 28.6 Å². The average molecular weight is 456 g/mol. The van der Waals surface area contributed by atoms with E-state index in [9.17, 15) is 9.59 Å². The van der Waals surface area contributed by atoms with Crippen molar-refractivity contribution in [3.8, 4) is 0 Å². The zero-order chi connectivity index (χ0) is 22.9. The Labute approximate surface area is 193 Å². The van der Waals surface area contributed by atoms with Crippen molar-refractivity contribution in [1.82, 2.24) is 20.4 Å². The molecule has 2 aromatic rings. The number of hydrogen-bond donors (Lipinski definition) is 3. The number of carbonyl (C=O) groups excluding carboxylic acids is 2. The maximum Gasteiger partial charge on any atom is 0.249 e. The Morgan fingerprint density at radius 3 is 2.75 bits per heavy atom. The van der Waals surface area contributed by atoms with Crippen LogP contribution in [-0.4, -0.2) is 27.6 Å². The third-order valence-corrected chi connectivity index (χ3v) is 6.42. The van der Waals surface area contributed by atoms with Crippen LogP contribution in [0.25, 0.3) is 6.08 Å². The van der Waals surface area contributed by atoms with Crippen LogP contribution in [0.5, 0.6) is 0 Å². The largest absolute Gasteiger partial charge is 0.322 e. The number of amides is 2. The van der Waals surface area contributed by atoms with E-state index in [4.69, 9.17) is 16.7 Å². The van der Waals surface area contributed by atoms with Gasteiger partial charge in [-0.2, -0.15) is 5.10 Å². The van der Waals surface area contributed by atoms with E-state index < -0.39 is 6.29 Å². The van der Waals surface area contributed by atoms with Gasteiger partial charge in [0.05, 0.1) is 11.6 Å². The van der Waals surface area contributed by atoms with E-state index in [1.54, 1.807) is 16.8 Å². The van der Waals surface area contributed by atoms with Gasteiger partial charge in [0.25, 0.3) is 0 Å². The number of hydrogen-bond acceptors (Lipinski definition) is 4. The van der Waals surface area contributed by atoms with E-state index in [0.29, 0.717) is 10.8 Å². The standard InChI is InChI=1S/C24H30ClN5O2/c1-24(2,3)19-14-20(27-21(31)13-12-15-8-4-6-10-17(15)25)30(29-19)23-26-18-11-7-5-9-16(18)22(32)28-23/h4,6,8,10,12-14,16,18,23,26H,5,7,9,11H2,1-3H3,(H,27,31)(H,28,32)/b13-12+. The Hall–Kier alpha value is -2.64. The molecule has 1 aliphatic carbocycles. The second kappa shape index (κ2) is 9.08. The van der Waals surface area contributed by atoms with Crippen molar-refractivity contribution in [2.75, 3.05) is 5.32 Å². The van der Waals surface area contributed by atoms with Crippen LogP contribution in [0.3, 0.4) is 0 Å². The van der Waals surface area contributed by atoms with Crippen molar-refractivity contribution >= 4 is 35.3 Å². The molecule has 7 nitrogen and oxygen atoms in total. The summed E-state index contributed by atoms with van der Waals surface area (Å²) in [4.78, 5) is 25.4. The first-order valence-electron chi connectivity index (χ1n) is 11.1. The summed E-state index contributed by atoms with van der Waals surface area (Å²) >= 11 is 6.17. The highest BCUT2D eigenvalue weighted by atomic mass is 35.5. The molecule has 1 saturated heterocycles. The number of carbonyl (C=O) groups is 2. The van der Waals surface area contributed by atoms with Crippen molar-refractivity contribution < 1.29 is 9.59 Å². The molecule has 0 spiro atoms. The van der Waals surface area contributed by atoms with E-state index in [1.165, 1.54) is 6.08 Å². The van der Waals surface area contributed by atoms with Crippen LogP contribution < -0.4 is 16.0 Å². The van der Waals surface area contributed by atoms with Crippen LogP contribution in [0.2, 0.25) is 5.02 Å². The minimum absolute atomic E-state index is 0.00533. The molecule has 2 heterocycles. The molecule has 3 unspecified atom stereocenters. The van der Waals surface area contributed by atoms with Crippen LogP contribution in [0.1, 0.15) is 64.0 Å². The number of nitrogens with zero attached hydrogens (tertiary/aromatic N) is 2. The first kappa shape index (κ1) is 22.6. The highest BCUT2D eigenvalue weighted by molar-refractivity contribution is 6.32. The van der Waals surface area contributed by atoms with Crippen LogP contribution in [-0.2, 0) is 15.0 Å². The van der Waals surface area contributed by atoms with Crippen molar-refractivity contribution in [2.24, 2.45) is 5.92 Å². The molecule has 32 heavy (non-hydrogen) atoms. The predicted molar refractivity (Wildman–Crippen MR) is 126 cm³/mol. The highest BCUT2D eigenvalue weighted by Gasteiger charge is 2.39. The number of aromatic nitrogens is 2. The number of fused-ring (bicyclic) bond motifs is 1. The maximum atomic E-state index is 12.7. The monoisotopic (exact) mass is 455 g/mol. The van der Waals surface area contributed by atoms with E-state index in [0.717, 1.165) is 36.9 Å². The molecule has 4 rings (SSSR count). The summed E-state index contributed by atoms with van der Waals surface area (Å²) in [6.45, 7) is 6.19. The fourth-order valence-electron chi connectivity index (χ4n) is 4.26. The van der Waals surface area contributed by atoms with Gasteiger partial charge in [0.15, 0.2) is 6.29 Å². The molecule has 8 heteroatoms. The van der Waals surface area contributed by atoms with Crippen molar-refractivity contribution in [2.45, 2.75) is 64.2 Å². The summed E-state index contributed by atoms with van der Waals surface area (Å²) in [6.07, 6.45) is 6.66. The minimum atomic E-state index is -0.513. The van der Waals surface area contributed by atoms with Crippen molar-refractivity contribution in [3.63, 3.8) is 0 Å². The lowest BCUT2D eigenvalue weighted by atomic mass is 9.83. The van der Waals surface area contributed by atoms with Gasteiger partial charge in [-0.05, 0) is 30.5 Å². The van der Waals surface area contributed by atoms with Gasteiger partial charge in [-0.25, -0.2) is 4.68 Å². The van der Waals surface area contributed by atoms with Gasteiger partial charge in [-0.3, -0.25) is 14.9 Å². The minimum Gasteiger partial charge on any atom is -0.322 e. The summed E-state index contributed by atoms with van der Waals surface area (Å²) in [5, 5.41) is 14.8. The lowest BCUT2D eigenvalue weighted by Crippen LogP contribution is -2.59. The fraction of sp³-hybridized carbons (Fsp3) is 0.458. The lowest BCUT2D eigenvalue weighted by Gasteiger charge is -2.40. The van der Waals surface area contributed by atoms with Crippen LogP contribution in [0.15, 0.2) is 36.4 Å². The van der Waals surface area contributed by atoms with Crippen LogP contribution in [0, 0.1) is 5.92 Å². The van der Waals surface area contributed by atoms with Gasteiger partial charge in [-0.15, -0.1) is 0 Å². The molecule has 1 aromatic carbocycles. The van der Waals surface area contributed by atoms with Gasteiger partial charge in [0.1, 0.15) is 5.82 Å². The first-order chi connectivity index (χ1) is 15.2. The molecule has 1 saturated carbocycles. The Kier molecular flexibility index (Phi) is 6.40. The molecule has 2 amide bonds. The number of rotatable bonds is 4.